The number of carbonyl (C=O) groups is 1. The lowest BCUT2D eigenvalue weighted by atomic mass is 10.1. The summed E-state index contributed by atoms with van der Waals surface area (Å²) in [6.07, 6.45) is 6.30. The Labute approximate surface area is 150 Å². The number of amides is 1. The second-order valence-electron chi connectivity index (χ2n) is 7.04. The molecule has 1 atom stereocenters. The number of nitrogens with zero attached hydrogens (tertiary/aromatic N) is 3. The van der Waals surface area contributed by atoms with E-state index in [-0.39, 0.29) is 5.91 Å². The highest BCUT2D eigenvalue weighted by Crippen LogP contribution is 2.14. The minimum absolute atomic E-state index is 0.261. The molecule has 1 N–H and O–H groups in total. The third kappa shape index (κ3) is 4.69. The molecule has 5 heteroatoms. The van der Waals surface area contributed by atoms with Gasteiger partial charge in [-0.2, -0.15) is 0 Å². The molecule has 1 saturated heterocycles. The Kier molecular flexibility index (Phi) is 5.87. The smallest absolute Gasteiger partial charge is 0.222 e. The fourth-order valence-corrected chi connectivity index (χ4v) is 3.39. The van der Waals surface area contributed by atoms with E-state index in [1.807, 2.05) is 35.5 Å². The van der Waals surface area contributed by atoms with E-state index in [0.717, 1.165) is 38.3 Å². The highest BCUT2D eigenvalue weighted by Gasteiger charge is 2.25. The molecule has 1 fully saturated rings. The van der Waals surface area contributed by atoms with Crippen LogP contribution in [0.4, 0.5) is 0 Å². The highest BCUT2D eigenvalue weighted by atomic mass is 16.2. The summed E-state index contributed by atoms with van der Waals surface area (Å²) in [6, 6.07) is 11.0. The van der Waals surface area contributed by atoms with Crippen molar-refractivity contribution < 1.29 is 4.79 Å². The summed E-state index contributed by atoms with van der Waals surface area (Å²) in [7, 11) is 0. The van der Waals surface area contributed by atoms with E-state index in [1.165, 1.54) is 5.56 Å². The first-order chi connectivity index (χ1) is 12.1. The van der Waals surface area contributed by atoms with Gasteiger partial charge in [0.1, 0.15) is 5.82 Å². The molecule has 1 aromatic carbocycles. The van der Waals surface area contributed by atoms with Crippen molar-refractivity contribution in [2.45, 2.75) is 51.7 Å². The minimum Gasteiger partial charge on any atom is -0.341 e. The van der Waals surface area contributed by atoms with Crippen molar-refractivity contribution in [3.63, 3.8) is 0 Å². The molecule has 2 heterocycles. The Morgan fingerprint density at radius 2 is 2.12 bits per heavy atom. The Morgan fingerprint density at radius 3 is 2.88 bits per heavy atom. The summed E-state index contributed by atoms with van der Waals surface area (Å²) in [5, 5.41) is 3.56. The zero-order chi connectivity index (χ0) is 17.6. The van der Waals surface area contributed by atoms with Crippen LogP contribution in [0, 0.1) is 0 Å². The Bertz CT molecular complexity index is 680. The fraction of sp³-hybridized carbons (Fsp3) is 0.500. The van der Waals surface area contributed by atoms with E-state index in [1.54, 1.807) is 0 Å². The summed E-state index contributed by atoms with van der Waals surface area (Å²) in [6.45, 7) is 6.73. The zero-order valence-corrected chi connectivity index (χ0v) is 15.2. The highest BCUT2D eigenvalue weighted by molar-refractivity contribution is 5.76. The molecule has 2 aromatic rings. The molecule has 0 radical (unpaired) electrons. The second-order valence-corrected chi connectivity index (χ2v) is 7.04. The number of hydrogen-bond donors (Lipinski definition) is 1. The van der Waals surface area contributed by atoms with Crippen LogP contribution in [0.3, 0.4) is 0 Å². The van der Waals surface area contributed by atoms with Gasteiger partial charge in [-0.3, -0.25) is 4.79 Å². The molecule has 0 aliphatic carbocycles. The number of imidazole rings is 1. The lowest BCUT2D eigenvalue weighted by Crippen LogP contribution is -2.35. The molecule has 1 unspecified atom stereocenters. The first-order valence-electron chi connectivity index (χ1n) is 9.20. The van der Waals surface area contributed by atoms with Crippen molar-refractivity contribution >= 4 is 5.91 Å². The first kappa shape index (κ1) is 17.7. The summed E-state index contributed by atoms with van der Waals surface area (Å²) in [5.41, 5.74) is 1.23. The minimum atomic E-state index is 0.261. The van der Waals surface area contributed by atoms with Crippen molar-refractivity contribution in [1.82, 2.24) is 19.8 Å². The Balaban J connectivity index is 1.43. The van der Waals surface area contributed by atoms with Crippen molar-refractivity contribution in [3.8, 4) is 0 Å². The van der Waals surface area contributed by atoms with Crippen LogP contribution in [0.1, 0.15) is 44.1 Å². The second kappa shape index (κ2) is 8.30. The number of benzene rings is 1. The van der Waals surface area contributed by atoms with Crippen LogP contribution in [0.2, 0.25) is 0 Å². The van der Waals surface area contributed by atoms with Crippen molar-refractivity contribution in [3.05, 3.63) is 54.1 Å². The van der Waals surface area contributed by atoms with Gasteiger partial charge in [0, 0.05) is 44.0 Å². The van der Waals surface area contributed by atoms with Gasteiger partial charge in [0.25, 0.3) is 0 Å². The van der Waals surface area contributed by atoms with E-state index in [4.69, 9.17) is 0 Å². The number of rotatable bonds is 7. The molecular weight excluding hydrogens is 312 g/mol. The van der Waals surface area contributed by atoms with Crippen LogP contribution in [-0.4, -0.2) is 39.5 Å². The van der Waals surface area contributed by atoms with Gasteiger partial charge >= 0.3 is 0 Å². The van der Waals surface area contributed by atoms with Gasteiger partial charge in [0.05, 0.1) is 6.54 Å². The van der Waals surface area contributed by atoms with Gasteiger partial charge in [0.15, 0.2) is 0 Å². The van der Waals surface area contributed by atoms with Gasteiger partial charge in [-0.15, -0.1) is 0 Å². The lowest BCUT2D eigenvalue weighted by molar-refractivity contribution is -0.130. The lowest BCUT2D eigenvalue weighted by Gasteiger charge is -2.18. The van der Waals surface area contributed by atoms with Gasteiger partial charge in [-0.05, 0) is 32.3 Å². The molecule has 3 rings (SSSR count). The normalized spacial score (nSPS) is 17.4. The topological polar surface area (TPSA) is 50.2 Å². The molecule has 1 aliphatic heterocycles. The largest absolute Gasteiger partial charge is 0.341 e. The Hall–Kier alpha value is -2.14. The number of likely N-dealkylation sites (tertiary alicyclic amines) is 1. The van der Waals surface area contributed by atoms with Crippen molar-refractivity contribution in [2.24, 2.45) is 0 Å². The maximum atomic E-state index is 12.4. The van der Waals surface area contributed by atoms with E-state index in [2.05, 4.69) is 40.8 Å². The van der Waals surface area contributed by atoms with Crippen molar-refractivity contribution in [1.29, 1.82) is 0 Å². The third-order valence-corrected chi connectivity index (χ3v) is 4.87. The van der Waals surface area contributed by atoms with Crippen LogP contribution in [-0.2, 0) is 17.8 Å². The predicted octanol–water partition coefficient (Wildman–Crippen LogP) is 2.79. The van der Waals surface area contributed by atoms with Gasteiger partial charge < -0.3 is 14.8 Å². The third-order valence-electron chi connectivity index (χ3n) is 4.87. The van der Waals surface area contributed by atoms with Gasteiger partial charge in [0.2, 0.25) is 5.91 Å². The number of hydrogen-bond acceptors (Lipinski definition) is 3. The van der Waals surface area contributed by atoms with Crippen LogP contribution in [0.15, 0.2) is 42.7 Å². The van der Waals surface area contributed by atoms with E-state index in [9.17, 15) is 4.79 Å². The predicted molar refractivity (Wildman–Crippen MR) is 99.2 cm³/mol. The van der Waals surface area contributed by atoms with E-state index < -0.39 is 0 Å². The SMILES string of the molecule is CC(C)n1ccnc1CNC1CCN(C(=O)CCc2ccccc2)C1. The average Bonchev–Trinajstić information content (AvgIpc) is 3.28. The summed E-state index contributed by atoms with van der Waals surface area (Å²) < 4.78 is 2.19. The summed E-state index contributed by atoms with van der Waals surface area (Å²) in [4.78, 5) is 18.9. The fourth-order valence-electron chi connectivity index (χ4n) is 3.39. The van der Waals surface area contributed by atoms with Crippen LogP contribution in [0.25, 0.3) is 0 Å². The molecule has 5 nitrogen and oxygen atoms in total. The molecular formula is C20H28N4O. The summed E-state index contributed by atoms with van der Waals surface area (Å²) >= 11 is 0. The Morgan fingerprint density at radius 1 is 1.32 bits per heavy atom. The standard InChI is InChI=1S/C20H28N4O/c1-16(2)24-13-11-21-19(24)14-22-18-10-12-23(15-18)20(25)9-8-17-6-4-3-5-7-17/h3-7,11,13,16,18,22H,8-10,12,14-15H2,1-2H3. The van der Waals surface area contributed by atoms with Gasteiger partial charge in [-0.25, -0.2) is 4.98 Å². The molecule has 0 bridgehead atoms. The number of aryl methyl sites for hydroxylation is 1. The van der Waals surface area contributed by atoms with Gasteiger partial charge in [-0.1, -0.05) is 30.3 Å². The average molecular weight is 340 g/mol. The maximum Gasteiger partial charge on any atom is 0.222 e. The molecule has 1 aromatic heterocycles. The molecule has 25 heavy (non-hydrogen) atoms. The van der Waals surface area contributed by atoms with Crippen molar-refractivity contribution in [2.75, 3.05) is 13.1 Å². The van der Waals surface area contributed by atoms with Crippen LogP contribution in [0.5, 0.6) is 0 Å². The molecule has 134 valence electrons. The molecule has 1 aliphatic rings. The zero-order valence-electron chi connectivity index (χ0n) is 15.2. The van der Waals surface area contributed by atoms with E-state index in [0.29, 0.717) is 18.5 Å². The first-order valence-corrected chi connectivity index (χ1v) is 9.20. The van der Waals surface area contributed by atoms with Crippen LogP contribution < -0.4 is 5.32 Å². The molecule has 1 amide bonds. The number of aromatic nitrogens is 2. The van der Waals surface area contributed by atoms with Crippen LogP contribution >= 0.6 is 0 Å². The molecule has 0 saturated carbocycles. The number of nitrogens with one attached hydrogen (secondary N) is 1. The molecule has 0 spiro atoms. The van der Waals surface area contributed by atoms with E-state index >= 15 is 0 Å². The maximum absolute atomic E-state index is 12.4. The monoisotopic (exact) mass is 340 g/mol. The quantitative estimate of drug-likeness (QED) is 0.843. The number of carbonyl (C=O) groups excluding carboxylic acids is 1. The summed E-state index contributed by atoms with van der Waals surface area (Å²) in [5.74, 6) is 1.32.